The second-order valence-corrected chi connectivity index (χ2v) is 11.2. The summed E-state index contributed by atoms with van der Waals surface area (Å²) in [4.78, 5) is 53.8. The van der Waals surface area contributed by atoms with Gasteiger partial charge >= 0.3 is 5.97 Å². The van der Waals surface area contributed by atoms with Gasteiger partial charge in [-0.3, -0.25) is 14.4 Å². The number of hydrogen-bond donors (Lipinski definition) is 4. The summed E-state index contributed by atoms with van der Waals surface area (Å²) in [5.41, 5.74) is -8.50. The van der Waals surface area contributed by atoms with Crippen LogP contribution >= 0.6 is 0 Å². The second-order valence-electron chi connectivity index (χ2n) is 11.2. The lowest BCUT2D eigenvalue weighted by Gasteiger charge is -2.47. The Bertz CT molecular complexity index is 1680. The number of phenolic OH excluding ortho intramolecular Hbond substituents is 1. The minimum Gasteiger partial charge on any atom is -0.507 e. The smallest absolute Gasteiger partial charge is 0.341 e. The highest BCUT2D eigenvalue weighted by atomic mass is 16.7. The van der Waals surface area contributed by atoms with Gasteiger partial charge in [-0.05, 0) is 36.9 Å². The maximum Gasteiger partial charge on any atom is 0.341 e. The summed E-state index contributed by atoms with van der Waals surface area (Å²) >= 11 is 0. The average molecular weight is 647 g/mol. The molecule has 4 N–H and O–H groups in total. The first-order chi connectivity index (χ1) is 21.7. The quantitative estimate of drug-likeness (QED) is 0.232. The summed E-state index contributed by atoms with van der Waals surface area (Å²) < 4.78 is 38.9. The standard InChI is InChI=1S/C31H34O15/c1-11-18-13(9-15(19(11)28(37)44-7)46-29-24(43-6)23(42-5)22(41-4)12(2)45-29)8-14-20(21(18)33)27(36)30(38)17(32)10-16(40-3)26(35)31(30,39)25(14)34/h8-10,12,22-24,26,29,33,35,38-39H,1-7H3/t12-,22-,23+,24+,26+,29-,30+,31+/m0/s1. The molecule has 1 heterocycles. The van der Waals surface area contributed by atoms with E-state index in [0.29, 0.717) is 6.08 Å². The third-order valence-corrected chi connectivity index (χ3v) is 9.02. The van der Waals surface area contributed by atoms with E-state index in [0.717, 1.165) is 20.3 Å². The number of ether oxygens (including phenoxy) is 7. The lowest BCUT2D eigenvalue weighted by atomic mass is 9.60. The molecule has 8 atom stereocenters. The van der Waals surface area contributed by atoms with Crippen molar-refractivity contribution in [3.63, 3.8) is 0 Å². The number of aryl methyl sites for hydroxylation is 1. The molecule has 15 nitrogen and oxygen atoms in total. The maximum absolute atomic E-state index is 13.9. The fraction of sp³-hybridized carbons (Fsp3) is 0.484. The molecule has 0 saturated carbocycles. The molecule has 0 amide bonds. The molecular formula is C31H34O15. The van der Waals surface area contributed by atoms with Gasteiger partial charge in [0.25, 0.3) is 0 Å². The molecule has 248 valence electrons. The molecule has 2 aliphatic carbocycles. The number of aliphatic hydroxyl groups is 3. The number of aromatic hydroxyl groups is 1. The van der Waals surface area contributed by atoms with Crippen LogP contribution in [0.15, 0.2) is 24.0 Å². The van der Waals surface area contributed by atoms with Gasteiger partial charge in [-0.25, -0.2) is 4.79 Å². The van der Waals surface area contributed by atoms with Crippen molar-refractivity contribution in [1.82, 2.24) is 0 Å². The number of phenols is 1. The van der Waals surface area contributed by atoms with Gasteiger partial charge in [-0.1, -0.05) is 0 Å². The van der Waals surface area contributed by atoms with E-state index < -0.39 is 94.0 Å². The number of fused-ring (bicyclic) bond motifs is 3. The highest BCUT2D eigenvalue weighted by Crippen LogP contribution is 2.49. The van der Waals surface area contributed by atoms with Crippen LogP contribution in [0.1, 0.15) is 43.6 Å². The molecule has 3 aliphatic rings. The van der Waals surface area contributed by atoms with Crippen molar-refractivity contribution < 1.29 is 72.8 Å². The van der Waals surface area contributed by atoms with E-state index in [1.54, 1.807) is 6.92 Å². The van der Waals surface area contributed by atoms with Gasteiger partial charge in [0.1, 0.15) is 41.1 Å². The van der Waals surface area contributed by atoms with Crippen LogP contribution in [-0.2, 0) is 33.2 Å². The number of hydrogen-bond acceptors (Lipinski definition) is 15. The van der Waals surface area contributed by atoms with Crippen LogP contribution in [0, 0.1) is 6.92 Å². The Kier molecular flexibility index (Phi) is 8.49. The van der Waals surface area contributed by atoms with E-state index in [1.807, 2.05) is 0 Å². The summed E-state index contributed by atoms with van der Waals surface area (Å²) in [5.74, 6) is -6.93. The van der Waals surface area contributed by atoms with Crippen molar-refractivity contribution in [2.45, 2.75) is 61.9 Å². The van der Waals surface area contributed by atoms with Crippen molar-refractivity contribution in [2.75, 3.05) is 35.5 Å². The van der Waals surface area contributed by atoms with Crippen LogP contribution in [0.5, 0.6) is 11.5 Å². The Morgan fingerprint density at radius 2 is 1.57 bits per heavy atom. The minimum atomic E-state index is -3.51. The highest BCUT2D eigenvalue weighted by Gasteiger charge is 2.73. The minimum absolute atomic E-state index is 0.0279. The molecule has 46 heavy (non-hydrogen) atoms. The van der Waals surface area contributed by atoms with E-state index in [-0.39, 0.29) is 27.6 Å². The summed E-state index contributed by atoms with van der Waals surface area (Å²) in [7, 11) is 6.51. The molecule has 1 saturated heterocycles. The van der Waals surface area contributed by atoms with Crippen molar-refractivity contribution in [3.05, 3.63) is 46.2 Å². The predicted octanol–water partition coefficient (Wildman–Crippen LogP) is 0.124. The van der Waals surface area contributed by atoms with Crippen molar-refractivity contribution in [3.8, 4) is 11.5 Å². The molecule has 2 aromatic rings. The number of ketones is 3. The zero-order chi connectivity index (χ0) is 34.0. The molecular weight excluding hydrogens is 612 g/mol. The molecule has 0 radical (unpaired) electrons. The van der Waals surface area contributed by atoms with Crippen LogP contribution in [0.2, 0.25) is 0 Å². The number of rotatable bonds is 7. The van der Waals surface area contributed by atoms with E-state index >= 15 is 0 Å². The van der Waals surface area contributed by atoms with Gasteiger partial charge in [0.05, 0.1) is 25.9 Å². The van der Waals surface area contributed by atoms with Gasteiger partial charge < -0.3 is 53.6 Å². The van der Waals surface area contributed by atoms with Gasteiger partial charge in [0, 0.05) is 38.4 Å². The monoisotopic (exact) mass is 646 g/mol. The number of esters is 1. The number of methoxy groups -OCH3 is 5. The number of aliphatic hydroxyl groups excluding tert-OH is 1. The first-order valence-corrected chi connectivity index (χ1v) is 14.0. The summed E-state index contributed by atoms with van der Waals surface area (Å²) in [6.07, 6.45) is -5.56. The fourth-order valence-corrected chi connectivity index (χ4v) is 6.65. The van der Waals surface area contributed by atoms with Gasteiger partial charge in [-0.2, -0.15) is 0 Å². The van der Waals surface area contributed by atoms with Crippen LogP contribution in [-0.4, -0.2) is 127 Å². The van der Waals surface area contributed by atoms with Crippen LogP contribution in [0.4, 0.5) is 0 Å². The van der Waals surface area contributed by atoms with Crippen LogP contribution in [0.3, 0.4) is 0 Å². The fourth-order valence-electron chi connectivity index (χ4n) is 6.65. The van der Waals surface area contributed by atoms with E-state index in [1.165, 1.54) is 34.3 Å². The summed E-state index contributed by atoms with van der Waals surface area (Å²) in [6.45, 7) is 3.14. The lowest BCUT2D eigenvalue weighted by molar-refractivity contribution is -0.282. The Balaban J connectivity index is 1.74. The van der Waals surface area contributed by atoms with Crippen LogP contribution < -0.4 is 4.74 Å². The van der Waals surface area contributed by atoms with Crippen molar-refractivity contribution >= 4 is 34.1 Å². The van der Waals surface area contributed by atoms with E-state index in [2.05, 4.69) is 0 Å². The van der Waals surface area contributed by atoms with Crippen molar-refractivity contribution in [2.24, 2.45) is 0 Å². The SMILES string of the molecule is COC(=O)c1c(O[C@@H]2O[C@@H](C)[C@H](OC)[C@@H](OC)[C@H]2OC)cc2cc3c(c(O)c2c1C)C(=O)[C@]1(O)C(=O)C=C(OC)[C@@H](O)[C@]1(O)C3=O. The Morgan fingerprint density at radius 1 is 0.935 bits per heavy atom. The number of carbonyl (C=O) groups is 4. The molecule has 0 spiro atoms. The molecule has 5 rings (SSSR count). The summed E-state index contributed by atoms with van der Waals surface area (Å²) in [6, 6.07) is 2.37. The first-order valence-electron chi connectivity index (χ1n) is 14.0. The molecule has 0 aromatic heterocycles. The normalized spacial score (nSPS) is 32.5. The molecule has 0 unspecified atom stereocenters. The van der Waals surface area contributed by atoms with Crippen molar-refractivity contribution in [1.29, 1.82) is 0 Å². The Morgan fingerprint density at radius 3 is 2.13 bits per heavy atom. The van der Waals surface area contributed by atoms with E-state index in [9.17, 15) is 39.6 Å². The first kappa shape index (κ1) is 33.4. The predicted molar refractivity (Wildman–Crippen MR) is 154 cm³/mol. The van der Waals surface area contributed by atoms with Gasteiger partial charge in [0.2, 0.25) is 34.8 Å². The number of Topliss-reactive ketones (excluding diaryl/α,β-unsaturated/α-hetero) is 2. The Labute approximate surface area is 262 Å². The molecule has 0 bridgehead atoms. The number of carbonyl (C=O) groups excluding carboxylic acids is 4. The van der Waals surface area contributed by atoms with Gasteiger partial charge in [0.15, 0.2) is 6.10 Å². The third kappa shape index (κ3) is 4.31. The van der Waals surface area contributed by atoms with E-state index in [4.69, 9.17) is 33.2 Å². The lowest BCUT2D eigenvalue weighted by Crippen LogP contribution is -2.76. The zero-order valence-electron chi connectivity index (χ0n) is 26.0. The number of benzene rings is 2. The summed E-state index contributed by atoms with van der Waals surface area (Å²) in [5, 5.41) is 45.0. The zero-order valence-corrected chi connectivity index (χ0v) is 26.0. The molecule has 1 fully saturated rings. The maximum atomic E-state index is 13.9. The third-order valence-electron chi connectivity index (χ3n) is 9.02. The molecule has 1 aliphatic heterocycles. The molecule has 2 aromatic carbocycles. The highest BCUT2D eigenvalue weighted by molar-refractivity contribution is 6.35. The topological polar surface area (TPSA) is 214 Å². The average Bonchev–Trinajstić information content (AvgIpc) is 3.03. The second kappa shape index (κ2) is 11.7. The largest absolute Gasteiger partial charge is 0.507 e. The van der Waals surface area contributed by atoms with Gasteiger partial charge in [-0.15, -0.1) is 0 Å². The Hall–Kier alpha value is -3.96. The molecule has 15 heteroatoms. The van der Waals surface area contributed by atoms with Crippen LogP contribution in [0.25, 0.3) is 10.8 Å².